The van der Waals surface area contributed by atoms with Gasteiger partial charge in [0, 0.05) is 12.6 Å². The fourth-order valence-corrected chi connectivity index (χ4v) is 2.97. The Balaban J connectivity index is 2.43. The first-order valence-corrected chi connectivity index (χ1v) is 8.51. The highest BCUT2D eigenvalue weighted by atomic mass is 32.2. The molecule has 8 heteroatoms. The molecule has 2 aromatic rings. The molecule has 23 heavy (non-hydrogen) atoms. The topological polar surface area (TPSA) is 115 Å². The van der Waals surface area contributed by atoms with Crippen molar-refractivity contribution in [3.05, 3.63) is 36.2 Å². The van der Waals surface area contributed by atoms with Gasteiger partial charge >= 0.3 is 0 Å². The maximum Gasteiger partial charge on any atom is 0.273 e. The third-order valence-corrected chi connectivity index (χ3v) is 5.51. The lowest BCUT2D eigenvalue weighted by Crippen LogP contribution is -2.21. The van der Waals surface area contributed by atoms with Crippen LogP contribution in [-0.4, -0.2) is 36.6 Å². The SMILES string of the molecule is CNC(=O)c1nc(-c2ccc(S(=O)(=O)C(C)C)cc2)cnc1N. The Kier molecular flexibility index (Phi) is 4.65. The van der Waals surface area contributed by atoms with Gasteiger partial charge in [-0.25, -0.2) is 18.4 Å². The third-order valence-electron chi connectivity index (χ3n) is 3.34. The number of sulfone groups is 1. The van der Waals surface area contributed by atoms with Crippen molar-refractivity contribution in [2.75, 3.05) is 12.8 Å². The van der Waals surface area contributed by atoms with E-state index < -0.39 is 21.0 Å². The molecule has 2 rings (SSSR count). The summed E-state index contributed by atoms with van der Waals surface area (Å²) in [5, 5.41) is 1.95. The van der Waals surface area contributed by atoms with Crippen LogP contribution in [0.4, 0.5) is 5.82 Å². The van der Waals surface area contributed by atoms with E-state index in [1.54, 1.807) is 26.0 Å². The molecule has 0 atom stereocenters. The normalized spacial score (nSPS) is 11.5. The summed E-state index contributed by atoms with van der Waals surface area (Å²) in [6.07, 6.45) is 1.44. The van der Waals surface area contributed by atoms with Gasteiger partial charge < -0.3 is 11.1 Å². The number of rotatable bonds is 4. The van der Waals surface area contributed by atoms with E-state index in [0.717, 1.165) is 0 Å². The molecule has 0 saturated heterocycles. The van der Waals surface area contributed by atoms with Crippen molar-refractivity contribution in [3.63, 3.8) is 0 Å². The van der Waals surface area contributed by atoms with E-state index in [1.165, 1.54) is 25.4 Å². The van der Waals surface area contributed by atoms with Gasteiger partial charge in [0.15, 0.2) is 21.3 Å². The zero-order valence-electron chi connectivity index (χ0n) is 13.1. The minimum Gasteiger partial charge on any atom is -0.382 e. The Hall–Kier alpha value is -2.48. The van der Waals surface area contributed by atoms with E-state index in [0.29, 0.717) is 11.3 Å². The molecule has 0 unspecified atom stereocenters. The van der Waals surface area contributed by atoms with Crippen LogP contribution in [0.15, 0.2) is 35.4 Å². The molecular formula is C15H18N4O3S. The van der Waals surface area contributed by atoms with Gasteiger partial charge in [0.25, 0.3) is 5.91 Å². The number of nitrogens with one attached hydrogen (secondary N) is 1. The van der Waals surface area contributed by atoms with Gasteiger partial charge in [-0.05, 0) is 26.0 Å². The second kappa shape index (κ2) is 6.33. The molecular weight excluding hydrogens is 316 g/mol. The molecule has 0 aliphatic rings. The molecule has 0 radical (unpaired) electrons. The van der Waals surface area contributed by atoms with E-state index >= 15 is 0 Å². The first kappa shape index (κ1) is 16.9. The predicted molar refractivity (Wildman–Crippen MR) is 87.6 cm³/mol. The summed E-state index contributed by atoms with van der Waals surface area (Å²) in [4.78, 5) is 20.1. The molecule has 1 heterocycles. The Morgan fingerprint density at radius 3 is 2.35 bits per heavy atom. The van der Waals surface area contributed by atoms with E-state index in [-0.39, 0.29) is 16.4 Å². The number of carbonyl (C=O) groups excluding carboxylic acids is 1. The van der Waals surface area contributed by atoms with Gasteiger partial charge in [0.1, 0.15) is 0 Å². The summed E-state index contributed by atoms with van der Waals surface area (Å²) in [6, 6.07) is 6.29. The van der Waals surface area contributed by atoms with E-state index in [4.69, 9.17) is 5.73 Å². The van der Waals surface area contributed by atoms with Gasteiger partial charge in [-0.15, -0.1) is 0 Å². The quantitative estimate of drug-likeness (QED) is 0.870. The molecule has 122 valence electrons. The van der Waals surface area contributed by atoms with Crippen molar-refractivity contribution in [1.29, 1.82) is 0 Å². The Morgan fingerprint density at radius 1 is 1.22 bits per heavy atom. The lowest BCUT2D eigenvalue weighted by atomic mass is 10.1. The molecule has 1 aromatic carbocycles. The van der Waals surface area contributed by atoms with Crippen molar-refractivity contribution < 1.29 is 13.2 Å². The van der Waals surface area contributed by atoms with E-state index in [1.807, 2.05) is 0 Å². The molecule has 0 spiro atoms. The Morgan fingerprint density at radius 2 is 1.83 bits per heavy atom. The molecule has 1 amide bonds. The second-order valence-electron chi connectivity index (χ2n) is 5.19. The number of amides is 1. The zero-order valence-corrected chi connectivity index (χ0v) is 13.9. The maximum absolute atomic E-state index is 12.1. The average Bonchev–Trinajstić information content (AvgIpc) is 2.54. The van der Waals surface area contributed by atoms with Crippen LogP contribution in [0.1, 0.15) is 24.3 Å². The van der Waals surface area contributed by atoms with Gasteiger partial charge in [0.2, 0.25) is 0 Å². The third kappa shape index (κ3) is 3.31. The number of carbonyl (C=O) groups is 1. The molecule has 0 saturated carbocycles. The van der Waals surface area contributed by atoms with Gasteiger partial charge in [-0.2, -0.15) is 0 Å². The van der Waals surface area contributed by atoms with Crippen LogP contribution < -0.4 is 11.1 Å². The van der Waals surface area contributed by atoms with Crippen molar-refractivity contribution in [1.82, 2.24) is 15.3 Å². The molecule has 0 bridgehead atoms. The molecule has 0 aliphatic heterocycles. The molecule has 7 nitrogen and oxygen atoms in total. The number of hydrogen-bond acceptors (Lipinski definition) is 6. The maximum atomic E-state index is 12.1. The van der Waals surface area contributed by atoms with Crippen LogP contribution >= 0.6 is 0 Å². The summed E-state index contributed by atoms with van der Waals surface area (Å²) >= 11 is 0. The van der Waals surface area contributed by atoms with Crippen LogP contribution in [0, 0.1) is 0 Å². The number of nitrogen functional groups attached to an aromatic ring is 1. The number of nitrogens with two attached hydrogens (primary N) is 1. The number of hydrogen-bond donors (Lipinski definition) is 2. The zero-order chi connectivity index (χ0) is 17.2. The fourth-order valence-electron chi connectivity index (χ4n) is 1.91. The van der Waals surface area contributed by atoms with Crippen LogP contribution in [0.25, 0.3) is 11.3 Å². The second-order valence-corrected chi connectivity index (χ2v) is 7.69. The molecule has 3 N–H and O–H groups in total. The number of aromatic nitrogens is 2. The minimum atomic E-state index is -3.33. The number of nitrogens with zero attached hydrogens (tertiary/aromatic N) is 2. The predicted octanol–water partition coefficient (Wildman–Crippen LogP) is 1.27. The minimum absolute atomic E-state index is 0.0314. The lowest BCUT2D eigenvalue weighted by molar-refractivity contribution is 0.0959. The van der Waals surface area contributed by atoms with Crippen LogP contribution in [0.5, 0.6) is 0 Å². The Bertz CT molecular complexity index is 830. The molecule has 0 aliphatic carbocycles. The van der Waals surface area contributed by atoms with Crippen molar-refractivity contribution in [3.8, 4) is 11.3 Å². The summed E-state index contributed by atoms with van der Waals surface area (Å²) < 4.78 is 24.2. The van der Waals surface area contributed by atoms with Crippen LogP contribution in [-0.2, 0) is 9.84 Å². The van der Waals surface area contributed by atoms with Crippen molar-refractivity contribution in [2.24, 2.45) is 0 Å². The largest absolute Gasteiger partial charge is 0.382 e. The van der Waals surface area contributed by atoms with Gasteiger partial charge in [0.05, 0.1) is 22.0 Å². The van der Waals surface area contributed by atoms with Crippen LogP contribution in [0.2, 0.25) is 0 Å². The summed E-state index contributed by atoms with van der Waals surface area (Å²) in [6.45, 7) is 3.26. The van der Waals surface area contributed by atoms with E-state index in [9.17, 15) is 13.2 Å². The van der Waals surface area contributed by atoms with Crippen LogP contribution in [0.3, 0.4) is 0 Å². The smallest absolute Gasteiger partial charge is 0.273 e. The number of benzene rings is 1. The summed E-state index contributed by atoms with van der Waals surface area (Å²) in [7, 11) is -1.85. The Labute approximate surface area is 134 Å². The standard InChI is InChI=1S/C15H18N4O3S/c1-9(2)23(21,22)11-6-4-10(5-7-11)12-8-18-14(16)13(19-12)15(20)17-3/h4-9H,1-3H3,(H2,16,18)(H,17,20). The fraction of sp³-hybridized carbons (Fsp3) is 0.267. The highest BCUT2D eigenvalue weighted by molar-refractivity contribution is 7.92. The number of anilines is 1. The highest BCUT2D eigenvalue weighted by Crippen LogP contribution is 2.22. The van der Waals surface area contributed by atoms with E-state index in [2.05, 4.69) is 15.3 Å². The van der Waals surface area contributed by atoms with Crippen molar-refractivity contribution >= 4 is 21.6 Å². The molecule has 1 aromatic heterocycles. The van der Waals surface area contributed by atoms with Crippen molar-refractivity contribution in [2.45, 2.75) is 24.0 Å². The van der Waals surface area contributed by atoms with Gasteiger partial charge in [-0.3, -0.25) is 4.79 Å². The summed E-state index contributed by atoms with van der Waals surface area (Å²) in [5.41, 5.74) is 6.76. The highest BCUT2D eigenvalue weighted by Gasteiger charge is 2.19. The average molecular weight is 334 g/mol. The molecule has 0 fully saturated rings. The van der Waals surface area contributed by atoms with Gasteiger partial charge in [-0.1, -0.05) is 12.1 Å². The first-order chi connectivity index (χ1) is 10.8. The lowest BCUT2D eigenvalue weighted by Gasteiger charge is -2.09. The summed E-state index contributed by atoms with van der Waals surface area (Å²) in [5.74, 6) is -0.400. The monoisotopic (exact) mass is 334 g/mol. The first-order valence-electron chi connectivity index (χ1n) is 6.96.